The van der Waals surface area contributed by atoms with Gasteiger partial charge in [0, 0.05) is 5.88 Å². The van der Waals surface area contributed by atoms with Gasteiger partial charge in [-0.3, -0.25) is 0 Å². The summed E-state index contributed by atoms with van der Waals surface area (Å²) in [5, 5.41) is 0. The molecule has 14 heavy (non-hydrogen) atoms. The van der Waals surface area contributed by atoms with Gasteiger partial charge in [-0.1, -0.05) is 12.1 Å². The molecule has 1 rings (SSSR count). The summed E-state index contributed by atoms with van der Waals surface area (Å²) in [6.07, 6.45) is 0.498. The van der Waals surface area contributed by atoms with E-state index in [0.717, 1.165) is 5.56 Å². The van der Waals surface area contributed by atoms with E-state index in [1.165, 1.54) is 0 Å². The van der Waals surface area contributed by atoms with Crippen molar-refractivity contribution in [3.63, 3.8) is 0 Å². The zero-order valence-corrected chi connectivity index (χ0v) is 9.61. The number of benzene rings is 1. The van der Waals surface area contributed by atoms with Crippen LogP contribution in [0.2, 0.25) is 0 Å². The van der Waals surface area contributed by atoms with E-state index in [4.69, 9.17) is 11.6 Å². The maximum atomic E-state index is 11.7. The Morgan fingerprint density at radius 3 is 2.64 bits per heavy atom. The van der Waals surface area contributed by atoms with Crippen molar-refractivity contribution in [2.75, 3.05) is 11.6 Å². The molecule has 0 heterocycles. The van der Waals surface area contributed by atoms with Crippen molar-refractivity contribution in [2.24, 2.45) is 0 Å². The van der Waals surface area contributed by atoms with Gasteiger partial charge in [-0.2, -0.15) is 0 Å². The minimum Gasteiger partial charge on any atom is -0.224 e. The van der Waals surface area contributed by atoms with Crippen LogP contribution in [-0.2, 0) is 9.84 Å². The van der Waals surface area contributed by atoms with Gasteiger partial charge in [0.05, 0.1) is 10.6 Å². The van der Waals surface area contributed by atoms with Crippen LogP contribution in [0.5, 0.6) is 0 Å². The van der Waals surface area contributed by atoms with Crippen molar-refractivity contribution < 1.29 is 8.42 Å². The molecule has 0 aliphatic heterocycles. The van der Waals surface area contributed by atoms with E-state index in [1.807, 2.05) is 13.0 Å². The first-order valence-corrected chi connectivity index (χ1v) is 6.60. The standard InChI is InChI=1S/C10H13ClO2S/c1-9-4-2-5-10(8-9)14(12,13)7-3-6-11/h2,4-5,8H,3,6-7H2,1H3. The largest absolute Gasteiger partial charge is 0.224 e. The Kier molecular flexibility index (Phi) is 3.96. The third-order valence-electron chi connectivity index (χ3n) is 1.90. The van der Waals surface area contributed by atoms with Crippen molar-refractivity contribution >= 4 is 21.4 Å². The van der Waals surface area contributed by atoms with E-state index < -0.39 is 9.84 Å². The number of alkyl halides is 1. The average molecular weight is 233 g/mol. The predicted molar refractivity (Wildman–Crippen MR) is 58.6 cm³/mol. The summed E-state index contributed by atoms with van der Waals surface area (Å²) in [7, 11) is -3.13. The van der Waals surface area contributed by atoms with Crippen LogP contribution < -0.4 is 0 Å². The van der Waals surface area contributed by atoms with Gasteiger partial charge in [0.15, 0.2) is 9.84 Å². The molecule has 1 aromatic carbocycles. The molecule has 0 fully saturated rings. The van der Waals surface area contributed by atoms with Crippen molar-refractivity contribution in [3.8, 4) is 0 Å². The molecule has 0 saturated carbocycles. The van der Waals surface area contributed by atoms with Gasteiger partial charge in [-0.15, -0.1) is 11.6 Å². The Bertz CT molecular complexity index is 398. The number of hydrogen-bond donors (Lipinski definition) is 0. The van der Waals surface area contributed by atoms with Crippen LogP contribution in [0.4, 0.5) is 0 Å². The molecular weight excluding hydrogens is 220 g/mol. The molecule has 0 saturated heterocycles. The van der Waals surface area contributed by atoms with Crippen molar-refractivity contribution in [3.05, 3.63) is 29.8 Å². The first-order valence-electron chi connectivity index (χ1n) is 4.41. The van der Waals surface area contributed by atoms with E-state index in [9.17, 15) is 8.42 Å². The van der Waals surface area contributed by atoms with Crippen molar-refractivity contribution in [1.29, 1.82) is 0 Å². The van der Waals surface area contributed by atoms with Gasteiger partial charge in [-0.05, 0) is 31.0 Å². The van der Waals surface area contributed by atoms with Gasteiger partial charge in [-0.25, -0.2) is 8.42 Å². The Hall–Kier alpha value is -0.540. The first-order chi connectivity index (χ1) is 6.56. The fourth-order valence-electron chi connectivity index (χ4n) is 1.17. The van der Waals surface area contributed by atoms with E-state index >= 15 is 0 Å². The lowest BCUT2D eigenvalue weighted by Gasteiger charge is -2.03. The predicted octanol–water partition coefficient (Wildman–Crippen LogP) is 2.40. The molecule has 2 nitrogen and oxygen atoms in total. The van der Waals surface area contributed by atoms with Crippen molar-refractivity contribution in [1.82, 2.24) is 0 Å². The molecule has 0 aromatic heterocycles. The van der Waals surface area contributed by atoms with Crippen LogP contribution in [0.3, 0.4) is 0 Å². The summed E-state index contributed by atoms with van der Waals surface area (Å²) in [6.45, 7) is 1.88. The smallest absolute Gasteiger partial charge is 0.178 e. The second kappa shape index (κ2) is 4.80. The first kappa shape index (κ1) is 11.5. The number of rotatable bonds is 4. The highest BCUT2D eigenvalue weighted by Gasteiger charge is 2.13. The van der Waals surface area contributed by atoms with Crippen LogP contribution in [-0.4, -0.2) is 20.1 Å². The van der Waals surface area contributed by atoms with Crippen LogP contribution >= 0.6 is 11.6 Å². The summed E-state index contributed by atoms with van der Waals surface area (Å²) < 4.78 is 23.4. The maximum Gasteiger partial charge on any atom is 0.178 e. The molecule has 0 N–H and O–H groups in total. The molecule has 0 unspecified atom stereocenters. The van der Waals surface area contributed by atoms with Crippen LogP contribution in [0.1, 0.15) is 12.0 Å². The molecule has 4 heteroatoms. The topological polar surface area (TPSA) is 34.1 Å². The molecule has 0 aliphatic rings. The minimum absolute atomic E-state index is 0.125. The van der Waals surface area contributed by atoms with Gasteiger partial charge < -0.3 is 0 Å². The highest BCUT2D eigenvalue weighted by Crippen LogP contribution is 2.13. The molecule has 0 aliphatic carbocycles. The summed E-state index contributed by atoms with van der Waals surface area (Å²) in [5.74, 6) is 0.505. The van der Waals surface area contributed by atoms with Crippen LogP contribution in [0.15, 0.2) is 29.2 Å². The molecular formula is C10H13ClO2S. The molecule has 78 valence electrons. The second-order valence-corrected chi connectivity index (χ2v) is 5.67. The van der Waals surface area contributed by atoms with Gasteiger partial charge in [0.1, 0.15) is 0 Å². The highest BCUT2D eigenvalue weighted by molar-refractivity contribution is 7.91. The Labute approximate surface area is 89.8 Å². The quantitative estimate of drug-likeness (QED) is 0.748. The molecule has 0 spiro atoms. The van der Waals surface area contributed by atoms with Crippen LogP contribution in [0, 0.1) is 6.92 Å². The Balaban J connectivity index is 2.93. The lowest BCUT2D eigenvalue weighted by molar-refractivity contribution is 0.594. The zero-order chi connectivity index (χ0) is 10.6. The monoisotopic (exact) mass is 232 g/mol. The number of aryl methyl sites for hydroxylation is 1. The molecule has 0 radical (unpaired) electrons. The summed E-state index contributed by atoms with van der Waals surface area (Å²) in [6, 6.07) is 6.93. The van der Waals surface area contributed by atoms with E-state index in [-0.39, 0.29) is 5.75 Å². The normalized spacial score (nSPS) is 11.6. The third-order valence-corrected chi connectivity index (χ3v) is 3.96. The van der Waals surface area contributed by atoms with Gasteiger partial charge in [0.2, 0.25) is 0 Å². The molecule has 1 aromatic rings. The van der Waals surface area contributed by atoms with E-state index in [1.54, 1.807) is 18.2 Å². The second-order valence-electron chi connectivity index (χ2n) is 3.18. The maximum absolute atomic E-state index is 11.7. The fourth-order valence-corrected chi connectivity index (χ4v) is 2.87. The summed E-state index contributed by atoms with van der Waals surface area (Å²) in [4.78, 5) is 0.391. The van der Waals surface area contributed by atoms with Gasteiger partial charge >= 0.3 is 0 Å². The number of sulfone groups is 1. The molecule has 0 bridgehead atoms. The lowest BCUT2D eigenvalue weighted by Crippen LogP contribution is -2.07. The SMILES string of the molecule is Cc1cccc(S(=O)(=O)CCCCl)c1. The average Bonchev–Trinajstić information content (AvgIpc) is 2.15. The molecule has 0 amide bonds. The summed E-state index contributed by atoms with van der Waals surface area (Å²) in [5.41, 5.74) is 0.956. The lowest BCUT2D eigenvalue weighted by atomic mass is 10.2. The van der Waals surface area contributed by atoms with Gasteiger partial charge in [0.25, 0.3) is 0 Å². The number of hydrogen-bond acceptors (Lipinski definition) is 2. The highest BCUT2D eigenvalue weighted by atomic mass is 35.5. The third kappa shape index (κ3) is 3.00. The molecule has 0 atom stereocenters. The number of halogens is 1. The van der Waals surface area contributed by atoms with E-state index in [2.05, 4.69) is 0 Å². The van der Waals surface area contributed by atoms with Crippen molar-refractivity contribution in [2.45, 2.75) is 18.2 Å². The Morgan fingerprint density at radius 1 is 1.36 bits per heavy atom. The zero-order valence-electron chi connectivity index (χ0n) is 8.03. The fraction of sp³-hybridized carbons (Fsp3) is 0.400. The minimum atomic E-state index is -3.13. The van der Waals surface area contributed by atoms with Crippen LogP contribution in [0.25, 0.3) is 0 Å². The Morgan fingerprint density at radius 2 is 2.07 bits per heavy atom. The summed E-state index contributed by atoms with van der Waals surface area (Å²) >= 11 is 5.46. The van der Waals surface area contributed by atoms with E-state index in [0.29, 0.717) is 17.2 Å².